The summed E-state index contributed by atoms with van der Waals surface area (Å²) in [5.41, 5.74) is 3.45. The highest BCUT2D eigenvalue weighted by Crippen LogP contribution is 2.36. The molecule has 2 aromatic carbocycles. The molecule has 2 saturated heterocycles. The quantitative estimate of drug-likeness (QED) is 0.723. The smallest absolute Gasteiger partial charge is 0.337 e. The fourth-order valence-corrected chi connectivity index (χ4v) is 5.29. The van der Waals surface area contributed by atoms with Crippen LogP contribution in [0.25, 0.3) is 0 Å². The lowest BCUT2D eigenvalue weighted by Crippen LogP contribution is -2.44. The number of ether oxygens (including phenoxy) is 2. The zero-order valence-electron chi connectivity index (χ0n) is 19.9. The number of methoxy groups -OCH3 is 2. The fraction of sp³-hybridized carbons (Fsp3) is 0.440. The van der Waals surface area contributed by atoms with E-state index in [1.807, 2.05) is 31.2 Å². The van der Waals surface area contributed by atoms with E-state index in [1.54, 1.807) is 21.3 Å². The van der Waals surface area contributed by atoms with Gasteiger partial charge in [0.1, 0.15) is 5.82 Å². The van der Waals surface area contributed by atoms with E-state index >= 15 is 4.39 Å². The van der Waals surface area contributed by atoms with Gasteiger partial charge in [0, 0.05) is 43.3 Å². The van der Waals surface area contributed by atoms with Crippen molar-refractivity contribution in [3.63, 3.8) is 0 Å². The average molecular weight is 468 g/mol. The van der Waals surface area contributed by atoms with Crippen molar-refractivity contribution in [1.82, 2.24) is 15.6 Å². The summed E-state index contributed by atoms with van der Waals surface area (Å²) in [6.07, 6.45) is 1.60. The van der Waals surface area contributed by atoms with Crippen LogP contribution in [-0.4, -0.2) is 69.2 Å². The predicted octanol–water partition coefficient (Wildman–Crippen LogP) is 2.73. The number of halogens is 1. The molecule has 3 atom stereocenters. The van der Waals surface area contributed by atoms with Crippen LogP contribution in [0.15, 0.2) is 35.4 Å². The van der Waals surface area contributed by atoms with Gasteiger partial charge in [-0.25, -0.2) is 14.2 Å². The summed E-state index contributed by atoms with van der Waals surface area (Å²) in [5.74, 6) is 0.853. The first kappa shape index (κ1) is 22.5. The Kier molecular flexibility index (Phi) is 5.81. The zero-order chi connectivity index (χ0) is 24.0. The maximum Gasteiger partial charge on any atom is 0.337 e. The lowest BCUT2D eigenvalue weighted by atomic mass is 9.93. The summed E-state index contributed by atoms with van der Waals surface area (Å²) >= 11 is 0. The maximum atomic E-state index is 15.5. The van der Waals surface area contributed by atoms with Crippen LogP contribution in [0.2, 0.25) is 0 Å². The Labute approximate surface area is 198 Å². The van der Waals surface area contributed by atoms with Gasteiger partial charge in [0.25, 0.3) is 0 Å². The predicted molar refractivity (Wildman–Crippen MR) is 129 cm³/mol. The van der Waals surface area contributed by atoms with Crippen LogP contribution in [0.1, 0.15) is 30.0 Å². The van der Waals surface area contributed by atoms with Gasteiger partial charge >= 0.3 is 6.03 Å². The minimum atomic E-state index is -0.325. The number of hydrogen-bond donors (Lipinski definition) is 2. The number of hydrazone groups is 1. The first-order chi connectivity index (χ1) is 16.4. The molecule has 2 aromatic rings. The molecular weight excluding hydrogens is 437 g/mol. The van der Waals surface area contributed by atoms with Crippen molar-refractivity contribution >= 4 is 17.4 Å². The number of amides is 2. The molecule has 0 aliphatic carbocycles. The molecular formula is C25H30FN5O3. The number of anilines is 1. The lowest BCUT2D eigenvalue weighted by Gasteiger charge is -2.30. The fourth-order valence-electron chi connectivity index (χ4n) is 5.29. The topological polar surface area (TPSA) is 78.4 Å². The monoisotopic (exact) mass is 467 g/mol. The highest BCUT2D eigenvalue weighted by molar-refractivity contribution is 6.14. The summed E-state index contributed by atoms with van der Waals surface area (Å²) in [4.78, 5) is 14.8. The van der Waals surface area contributed by atoms with Crippen molar-refractivity contribution in [2.75, 3.05) is 39.3 Å². The molecule has 8 nitrogen and oxygen atoms in total. The number of piperazine rings is 1. The standard InChI is InChI=1S/C25H30FN5O3/c1-14-7-16-9-22(33-3)23(34-4)11-19(16)24(29-31(14)25(32)27-2)15-5-6-21(20(26)8-15)30-13-17-10-18(30)12-28-17/h5-6,8-9,11,14,17-18,28H,7,10,12-13H2,1-4H3,(H,27,32)/t14?,17-,18+/m1/s1. The van der Waals surface area contributed by atoms with Crippen molar-refractivity contribution in [2.45, 2.75) is 37.9 Å². The molecule has 9 heteroatoms. The molecule has 5 rings (SSSR count). The Morgan fingerprint density at radius 3 is 2.59 bits per heavy atom. The van der Waals surface area contributed by atoms with E-state index in [-0.39, 0.29) is 17.9 Å². The van der Waals surface area contributed by atoms with E-state index in [9.17, 15) is 4.79 Å². The van der Waals surface area contributed by atoms with Gasteiger partial charge in [-0.3, -0.25) is 0 Å². The molecule has 34 heavy (non-hydrogen) atoms. The van der Waals surface area contributed by atoms with Gasteiger partial charge < -0.3 is 25.0 Å². The van der Waals surface area contributed by atoms with Gasteiger partial charge in [0.15, 0.2) is 11.5 Å². The second-order valence-electron chi connectivity index (χ2n) is 9.08. The van der Waals surface area contributed by atoms with Gasteiger partial charge in [-0.1, -0.05) is 6.07 Å². The van der Waals surface area contributed by atoms with Crippen molar-refractivity contribution in [2.24, 2.45) is 5.10 Å². The number of urea groups is 1. The number of rotatable bonds is 4. The minimum absolute atomic E-state index is 0.217. The average Bonchev–Trinajstić information content (AvgIpc) is 3.44. The Hall–Kier alpha value is -3.33. The van der Waals surface area contributed by atoms with Crippen molar-refractivity contribution < 1.29 is 18.7 Å². The molecule has 2 bridgehead atoms. The van der Waals surface area contributed by atoms with E-state index in [0.717, 1.165) is 30.6 Å². The van der Waals surface area contributed by atoms with Gasteiger partial charge in [0.05, 0.1) is 31.7 Å². The SMILES string of the molecule is CNC(=O)N1N=C(c2ccc(N3C[C@H]4C[C@H]3CN4)c(F)c2)c2cc(OC)c(OC)cc2CC1C. The molecule has 3 aliphatic heterocycles. The molecule has 3 heterocycles. The molecule has 1 unspecified atom stereocenters. The number of benzene rings is 2. The van der Waals surface area contributed by atoms with Crippen LogP contribution in [0, 0.1) is 5.82 Å². The molecule has 3 aliphatic rings. The van der Waals surface area contributed by atoms with Gasteiger partial charge in [0.2, 0.25) is 0 Å². The number of hydrogen-bond acceptors (Lipinski definition) is 6. The van der Waals surface area contributed by atoms with Gasteiger partial charge in [-0.2, -0.15) is 5.10 Å². The summed E-state index contributed by atoms with van der Waals surface area (Å²) in [6.45, 7) is 3.62. The van der Waals surface area contributed by atoms with Crippen LogP contribution in [-0.2, 0) is 6.42 Å². The molecule has 0 radical (unpaired) electrons. The first-order valence-corrected chi connectivity index (χ1v) is 11.6. The molecule has 2 N–H and O–H groups in total. The number of carbonyl (C=O) groups is 1. The third-order valence-corrected chi connectivity index (χ3v) is 7.01. The molecule has 2 fully saturated rings. The lowest BCUT2D eigenvalue weighted by molar-refractivity contribution is 0.184. The number of nitrogens with one attached hydrogen (secondary N) is 2. The highest BCUT2D eigenvalue weighted by Gasteiger charge is 2.38. The molecule has 2 amide bonds. The van der Waals surface area contributed by atoms with Crippen LogP contribution in [0.4, 0.5) is 14.9 Å². The van der Waals surface area contributed by atoms with Crippen LogP contribution < -0.4 is 25.0 Å². The van der Waals surface area contributed by atoms with Crippen LogP contribution in [0.5, 0.6) is 11.5 Å². The number of nitrogens with zero attached hydrogens (tertiary/aromatic N) is 3. The third-order valence-electron chi connectivity index (χ3n) is 7.01. The highest BCUT2D eigenvalue weighted by atomic mass is 19.1. The van der Waals surface area contributed by atoms with Gasteiger partial charge in [-0.15, -0.1) is 0 Å². The Balaban J connectivity index is 1.61. The van der Waals surface area contributed by atoms with E-state index in [1.165, 1.54) is 11.1 Å². The van der Waals surface area contributed by atoms with Crippen molar-refractivity contribution in [3.05, 3.63) is 52.8 Å². The molecule has 0 aromatic heterocycles. The van der Waals surface area contributed by atoms with E-state index in [4.69, 9.17) is 14.6 Å². The molecule has 0 saturated carbocycles. The Morgan fingerprint density at radius 2 is 1.97 bits per heavy atom. The van der Waals surface area contributed by atoms with E-state index in [0.29, 0.717) is 47.0 Å². The van der Waals surface area contributed by atoms with E-state index in [2.05, 4.69) is 15.5 Å². The largest absolute Gasteiger partial charge is 0.493 e. The Bertz CT molecular complexity index is 1150. The summed E-state index contributed by atoms with van der Waals surface area (Å²) in [6, 6.07) is 9.19. The minimum Gasteiger partial charge on any atom is -0.493 e. The normalized spacial score (nSPS) is 23.3. The summed E-state index contributed by atoms with van der Waals surface area (Å²) in [5, 5.41) is 12.3. The molecule has 0 spiro atoms. The van der Waals surface area contributed by atoms with Crippen molar-refractivity contribution in [3.8, 4) is 11.5 Å². The second kappa shape index (κ2) is 8.79. The van der Waals surface area contributed by atoms with Gasteiger partial charge in [-0.05, 0) is 49.6 Å². The molecule has 180 valence electrons. The first-order valence-electron chi connectivity index (χ1n) is 11.6. The third kappa shape index (κ3) is 3.73. The van der Waals surface area contributed by atoms with Crippen molar-refractivity contribution in [1.29, 1.82) is 0 Å². The number of carbonyl (C=O) groups excluding carboxylic acids is 1. The van der Waals surface area contributed by atoms with Crippen LogP contribution >= 0.6 is 0 Å². The zero-order valence-corrected chi connectivity index (χ0v) is 19.9. The summed E-state index contributed by atoms with van der Waals surface area (Å²) in [7, 11) is 4.73. The maximum absolute atomic E-state index is 15.5. The Morgan fingerprint density at radius 1 is 1.21 bits per heavy atom. The number of fused-ring (bicyclic) bond motifs is 3. The van der Waals surface area contributed by atoms with Crippen LogP contribution in [0.3, 0.4) is 0 Å². The summed E-state index contributed by atoms with van der Waals surface area (Å²) < 4.78 is 26.5. The second-order valence-corrected chi connectivity index (χ2v) is 9.08. The van der Waals surface area contributed by atoms with E-state index < -0.39 is 0 Å².